The van der Waals surface area contributed by atoms with E-state index in [2.05, 4.69) is 10.0 Å². The number of carbonyl (C=O) groups excluding carboxylic acids is 2. The molecule has 10 heteroatoms. The van der Waals surface area contributed by atoms with Gasteiger partial charge in [-0.1, -0.05) is 6.07 Å². The molecule has 0 bridgehead atoms. The maximum absolute atomic E-state index is 13.3. The monoisotopic (exact) mass is 398 g/mol. The quantitative estimate of drug-likeness (QED) is 0.726. The van der Waals surface area contributed by atoms with Gasteiger partial charge in [0.2, 0.25) is 0 Å². The minimum atomic E-state index is -4.21. The maximum Gasteiger partial charge on any atom is 0.338 e. The first-order valence-corrected chi connectivity index (χ1v) is 9.13. The molecule has 0 fully saturated rings. The van der Waals surface area contributed by atoms with E-state index < -0.39 is 44.5 Å². The predicted molar refractivity (Wildman–Crippen MR) is 92.6 cm³/mol. The van der Waals surface area contributed by atoms with Gasteiger partial charge in [0.15, 0.2) is 17.7 Å². The van der Waals surface area contributed by atoms with Crippen molar-refractivity contribution in [2.75, 3.05) is 11.8 Å². The van der Waals surface area contributed by atoms with E-state index in [-0.39, 0.29) is 11.3 Å². The standard InChI is InChI=1S/C17H16F2N2O5S/c1-10(16(22)20-2)26-17(23)11-4-3-5-12(8-11)21-27(24,25)13-6-7-14(18)15(19)9-13/h3-10,21H,1-2H3,(H,20,22)/t10-/m0/s1. The number of ether oxygens (including phenoxy) is 1. The summed E-state index contributed by atoms with van der Waals surface area (Å²) < 4.78 is 57.9. The second-order valence-electron chi connectivity index (χ2n) is 5.42. The molecule has 2 N–H and O–H groups in total. The van der Waals surface area contributed by atoms with E-state index in [1.165, 1.54) is 38.2 Å². The Bertz CT molecular complexity index is 979. The van der Waals surface area contributed by atoms with E-state index in [0.29, 0.717) is 12.1 Å². The van der Waals surface area contributed by atoms with Crippen molar-refractivity contribution in [2.45, 2.75) is 17.9 Å². The SMILES string of the molecule is CNC(=O)[C@H](C)OC(=O)c1cccc(NS(=O)(=O)c2ccc(F)c(F)c2)c1. The van der Waals surface area contributed by atoms with Gasteiger partial charge in [0.25, 0.3) is 15.9 Å². The molecule has 1 amide bonds. The second kappa shape index (κ2) is 8.12. The van der Waals surface area contributed by atoms with Gasteiger partial charge in [-0.15, -0.1) is 0 Å². The zero-order valence-electron chi connectivity index (χ0n) is 14.3. The number of benzene rings is 2. The molecular weight excluding hydrogens is 382 g/mol. The van der Waals surface area contributed by atoms with Crippen molar-refractivity contribution >= 4 is 27.6 Å². The summed E-state index contributed by atoms with van der Waals surface area (Å²) >= 11 is 0. The lowest BCUT2D eigenvalue weighted by atomic mass is 10.2. The minimum Gasteiger partial charge on any atom is -0.449 e. The minimum absolute atomic E-state index is 0.00165. The van der Waals surface area contributed by atoms with Gasteiger partial charge in [-0.3, -0.25) is 9.52 Å². The van der Waals surface area contributed by atoms with Crippen LogP contribution in [0.2, 0.25) is 0 Å². The zero-order valence-corrected chi connectivity index (χ0v) is 15.1. The molecule has 0 heterocycles. The molecule has 0 aliphatic carbocycles. The molecule has 0 saturated carbocycles. The third-order valence-corrected chi connectivity index (χ3v) is 4.83. The van der Waals surface area contributed by atoms with E-state index >= 15 is 0 Å². The molecule has 2 aromatic carbocycles. The topological polar surface area (TPSA) is 102 Å². The molecule has 144 valence electrons. The van der Waals surface area contributed by atoms with Gasteiger partial charge in [0.1, 0.15) is 0 Å². The molecule has 7 nitrogen and oxygen atoms in total. The summed E-state index contributed by atoms with van der Waals surface area (Å²) in [6.45, 7) is 1.38. The number of amides is 1. The van der Waals surface area contributed by atoms with Crippen LogP contribution >= 0.6 is 0 Å². The molecule has 0 spiro atoms. The van der Waals surface area contributed by atoms with Crippen LogP contribution in [0.5, 0.6) is 0 Å². The van der Waals surface area contributed by atoms with Crippen molar-refractivity contribution in [1.29, 1.82) is 0 Å². The molecule has 2 rings (SSSR count). The molecule has 0 aromatic heterocycles. The van der Waals surface area contributed by atoms with Crippen LogP contribution in [0.15, 0.2) is 47.4 Å². The van der Waals surface area contributed by atoms with Crippen LogP contribution in [0, 0.1) is 11.6 Å². The Morgan fingerprint density at radius 2 is 1.78 bits per heavy atom. The summed E-state index contributed by atoms with van der Waals surface area (Å²) in [4.78, 5) is 23.0. The van der Waals surface area contributed by atoms with E-state index in [1.54, 1.807) is 0 Å². The van der Waals surface area contributed by atoms with Crippen molar-refractivity contribution in [3.63, 3.8) is 0 Å². The van der Waals surface area contributed by atoms with Crippen LogP contribution in [-0.4, -0.2) is 33.4 Å². The van der Waals surface area contributed by atoms with Crippen molar-refractivity contribution in [3.05, 3.63) is 59.7 Å². The van der Waals surface area contributed by atoms with Gasteiger partial charge in [-0.05, 0) is 43.3 Å². The summed E-state index contributed by atoms with van der Waals surface area (Å²) in [5, 5.41) is 2.33. The van der Waals surface area contributed by atoms with E-state index in [4.69, 9.17) is 4.74 Å². The van der Waals surface area contributed by atoms with Gasteiger partial charge >= 0.3 is 5.97 Å². The van der Waals surface area contributed by atoms with E-state index in [1.807, 2.05) is 0 Å². The molecule has 27 heavy (non-hydrogen) atoms. The lowest BCUT2D eigenvalue weighted by Gasteiger charge is -2.13. The maximum atomic E-state index is 13.3. The number of halogens is 2. The van der Waals surface area contributed by atoms with Crippen molar-refractivity contribution in [2.24, 2.45) is 0 Å². The summed E-state index contributed by atoms with van der Waals surface area (Å²) in [5.74, 6) is -3.82. The third kappa shape index (κ3) is 5.00. The van der Waals surface area contributed by atoms with Gasteiger partial charge in [0, 0.05) is 12.7 Å². The Labute approximate surface area is 154 Å². The van der Waals surface area contributed by atoms with Gasteiger partial charge in [0.05, 0.1) is 10.5 Å². The molecular formula is C17H16F2N2O5S. The first-order valence-electron chi connectivity index (χ1n) is 7.64. The van der Waals surface area contributed by atoms with Crippen LogP contribution in [0.3, 0.4) is 0 Å². The first-order chi connectivity index (χ1) is 12.6. The smallest absolute Gasteiger partial charge is 0.338 e. The van der Waals surface area contributed by atoms with E-state index in [9.17, 15) is 26.8 Å². The molecule has 0 radical (unpaired) electrons. The highest BCUT2D eigenvalue weighted by molar-refractivity contribution is 7.92. The average Bonchev–Trinajstić information content (AvgIpc) is 2.62. The Kier molecular flexibility index (Phi) is 6.11. The fourth-order valence-corrected chi connectivity index (χ4v) is 3.11. The molecule has 0 unspecified atom stereocenters. The normalized spacial score (nSPS) is 12.1. The zero-order chi connectivity index (χ0) is 20.2. The average molecular weight is 398 g/mol. The molecule has 0 aliphatic heterocycles. The van der Waals surface area contributed by atoms with Crippen molar-refractivity contribution in [3.8, 4) is 0 Å². The fraction of sp³-hybridized carbons (Fsp3) is 0.176. The number of hydrogen-bond donors (Lipinski definition) is 2. The number of anilines is 1. The highest BCUT2D eigenvalue weighted by Crippen LogP contribution is 2.19. The summed E-state index contributed by atoms with van der Waals surface area (Å²) in [7, 11) is -2.82. The Morgan fingerprint density at radius 1 is 1.07 bits per heavy atom. The predicted octanol–water partition coefficient (Wildman–Crippen LogP) is 2.06. The van der Waals surface area contributed by atoms with Crippen molar-refractivity contribution < 1.29 is 31.5 Å². The van der Waals surface area contributed by atoms with Gasteiger partial charge < -0.3 is 10.1 Å². The fourth-order valence-electron chi connectivity index (χ4n) is 2.05. The summed E-state index contributed by atoms with van der Waals surface area (Å²) in [6.07, 6.45) is -1.04. The molecule has 2 aromatic rings. The van der Waals surface area contributed by atoms with Crippen LogP contribution in [0.25, 0.3) is 0 Å². The third-order valence-electron chi connectivity index (χ3n) is 3.45. The van der Waals surface area contributed by atoms with Crippen LogP contribution in [0.1, 0.15) is 17.3 Å². The second-order valence-corrected chi connectivity index (χ2v) is 7.11. The number of rotatable bonds is 6. The highest BCUT2D eigenvalue weighted by atomic mass is 32.2. The lowest BCUT2D eigenvalue weighted by molar-refractivity contribution is -0.128. The number of nitrogens with one attached hydrogen (secondary N) is 2. The highest BCUT2D eigenvalue weighted by Gasteiger charge is 2.20. The summed E-state index contributed by atoms with van der Waals surface area (Å²) in [6, 6.07) is 7.45. The van der Waals surface area contributed by atoms with Crippen molar-refractivity contribution in [1.82, 2.24) is 5.32 Å². The number of esters is 1. The largest absolute Gasteiger partial charge is 0.449 e. The Hall–Kier alpha value is -3.01. The number of likely N-dealkylation sites (N-methyl/N-ethyl adjacent to an activating group) is 1. The number of sulfonamides is 1. The summed E-state index contributed by atoms with van der Waals surface area (Å²) in [5.41, 5.74) is -0.00183. The van der Waals surface area contributed by atoms with Crippen LogP contribution < -0.4 is 10.0 Å². The van der Waals surface area contributed by atoms with E-state index in [0.717, 1.165) is 6.07 Å². The number of hydrogen-bond acceptors (Lipinski definition) is 5. The number of carbonyl (C=O) groups is 2. The Balaban J connectivity index is 2.20. The molecule has 0 aliphatic rings. The first kappa shape index (κ1) is 20.3. The van der Waals surface area contributed by atoms with Crippen LogP contribution in [-0.2, 0) is 19.6 Å². The Morgan fingerprint density at radius 3 is 2.41 bits per heavy atom. The van der Waals surface area contributed by atoms with Gasteiger partial charge in [-0.25, -0.2) is 22.0 Å². The molecule has 1 atom stereocenters. The lowest BCUT2D eigenvalue weighted by Crippen LogP contribution is -2.33. The van der Waals surface area contributed by atoms with Crippen LogP contribution in [0.4, 0.5) is 14.5 Å². The van der Waals surface area contributed by atoms with Gasteiger partial charge in [-0.2, -0.15) is 0 Å². The molecule has 0 saturated heterocycles.